The van der Waals surface area contributed by atoms with Crippen LogP contribution in [0.1, 0.15) is 21.6 Å². The number of amides is 2. The van der Waals surface area contributed by atoms with Crippen molar-refractivity contribution in [2.45, 2.75) is 13.5 Å². The highest BCUT2D eigenvalue weighted by atomic mass is 32.1. The molecule has 4 rings (SSSR count). The van der Waals surface area contributed by atoms with Crippen molar-refractivity contribution in [1.82, 2.24) is 15.2 Å². The van der Waals surface area contributed by atoms with Crippen LogP contribution in [-0.4, -0.2) is 41.2 Å². The Bertz CT molecular complexity index is 1300. The topological polar surface area (TPSA) is 98.7 Å². The van der Waals surface area contributed by atoms with Crippen molar-refractivity contribution >= 4 is 52.1 Å². The van der Waals surface area contributed by atoms with Gasteiger partial charge in [-0.05, 0) is 49.5 Å². The fourth-order valence-corrected chi connectivity index (χ4v) is 3.95. The van der Waals surface area contributed by atoms with Gasteiger partial charge in [-0.3, -0.25) is 20.2 Å². The van der Waals surface area contributed by atoms with Crippen molar-refractivity contribution < 1.29 is 23.9 Å². The number of hydrogen-bond acceptors (Lipinski definition) is 6. The smallest absolute Gasteiger partial charge is 0.337 e. The number of fused-ring (bicyclic) bond motifs is 1. The number of hydrogen-bond donors (Lipinski definition) is 2. The molecule has 1 fully saturated rings. The maximum atomic E-state index is 12.3. The van der Waals surface area contributed by atoms with E-state index in [9.17, 15) is 14.4 Å². The molecule has 0 atom stereocenters. The third kappa shape index (κ3) is 4.49. The number of benzene rings is 2. The van der Waals surface area contributed by atoms with Crippen LogP contribution in [0.4, 0.5) is 0 Å². The number of ether oxygens (including phenoxy) is 2. The molecule has 1 aromatic heterocycles. The normalized spacial score (nSPS) is 13.5. The van der Waals surface area contributed by atoms with Crippen LogP contribution in [-0.2, 0) is 20.9 Å². The molecule has 1 aliphatic heterocycles. The summed E-state index contributed by atoms with van der Waals surface area (Å²) in [6, 6.07) is 14.5. The largest absolute Gasteiger partial charge is 0.492 e. The lowest BCUT2D eigenvalue weighted by Gasteiger charge is -2.16. The van der Waals surface area contributed by atoms with E-state index < -0.39 is 17.8 Å². The van der Waals surface area contributed by atoms with E-state index in [0.717, 1.165) is 22.2 Å². The Morgan fingerprint density at radius 3 is 2.55 bits per heavy atom. The lowest BCUT2D eigenvalue weighted by molar-refractivity contribution is -0.123. The second-order valence-electron chi connectivity index (χ2n) is 7.33. The van der Waals surface area contributed by atoms with Gasteiger partial charge in [-0.15, -0.1) is 0 Å². The Balaban J connectivity index is 1.61. The standard InChI is InChI=1S/C24H21N3O5S/c1-14-18(13-19-21(28)25-24(33)26-22(19)29)17-8-3-4-9-20(17)27(14)10-11-32-16-7-5-6-15(12-16)23(30)31-2/h3-9,12-13H,10-11H2,1-2H3,(H2,25,26,28,29,33). The molecule has 0 saturated carbocycles. The zero-order valence-corrected chi connectivity index (χ0v) is 18.8. The molecular weight excluding hydrogens is 442 g/mol. The van der Waals surface area contributed by atoms with Crippen molar-refractivity contribution in [1.29, 1.82) is 0 Å². The maximum absolute atomic E-state index is 12.3. The molecule has 0 spiro atoms. The van der Waals surface area contributed by atoms with Gasteiger partial charge in [0.25, 0.3) is 11.8 Å². The van der Waals surface area contributed by atoms with Crippen LogP contribution in [0.2, 0.25) is 0 Å². The molecule has 8 nitrogen and oxygen atoms in total. The van der Waals surface area contributed by atoms with Gasteiger partial charge in [0.15, 0.2) is 5.11 Å². The summed E-state index contributed by atoms with van der Waals surface area (Å²) in [5.74, 6) is -0.939. The van der Waals surface area contributed by atoms with Crippen LogP contribution in [0.25, 0.3) is 17.0 Å². The van der Waals surface area contributed by atoms with E-state index in [1.54, 1.807) is 30.3 Å². The van der Waals surface area contributed by atoms with E-state index in [0.29, 0.717) is 24.5 Å². The number of thiocarbonyl (C=S) groups is 1. The number of esters is 1. The molecule has 2 aromatic carbocycles. The molecule has 0 aliphatic carbocycles. The zero-order valence-electron chi connectivity index (χ0n) is 18.0. The first-order valence-corrected chi connectivity index (χ1v) is 10.6. The Morgan fingerprint density at radius 1 is 1.09 bits per heavy atom. The van der Waals surface area contributed by atoms with Gasteiger partial charge in [0.2, 0.25) is 0 Å². The molecule has 0 radical (unpaired) electrons. The first-order chi connectivity index (χ1) is 15.9. The highest BCUT2D eigenvalue weighted by Crippen LogP contribution is 2.28. The molecule has 9 heteroatoms. The van der Waals surface area contributed by atoms with Gasteiger partial charge in [0, 0.05) is 22.2 Å². The van der Waals surface area contributed by atoms with E-state index in [4.69, 9.17) is 21.7 Å². The summed E-state index contributed by atoms with van der Waals surface area (Å²) in [7, 11) is 1.33. The van der Waals surface area contributed by atoms with Gasteiger partial charge in [-0.2, -0.15) is 0 Å². The van der Waals surface area contributed by atoms with Crippen LogP contribution in [0, 0.1) is 6.92 Å². The molecule has 3 aromatic rings. The molecular formula is C24H21N3O5S. The lowest BCUT2D eigenvalue weighted by atomic mass is 10.1. The van der Waals surface area contributed by atoms with Crippen LogP contribution >= 0.6 is 12.2 Å². The van der Waals surface area contributed by atoms with E-state index in [1.165, 1.54) is 7.11 Å². The average Bonchev–Trinajstić information content (AvgIpc) is 3.06. The monoisotopic (exact) mass is 463 g/mol. The van der Waals surface area contributed by atoms with Crippen molar-refractivity contribution in [2.24, 2.45) is 0 Å². The molecule has 168 valence electrons. The van der Waals surface area contributed by atoms with Gasteiger partial charge in [-0.25, -0.2) is 4.79 Å². The number of nitrogens with one attached hydrogen (secondary N) is 2. The van der Waals surface area contributed by atoms with Crippen molar-refractivity contribution in [3.63, 3.8) is 0 Å². The lowest BCUT2D eigenvalue weighted by Crippen LogP contribution is -2.51. The molecule has 33 heavy (non-hydrogen) atoms. The number of carbonyl (C=O) groups excluding carboxylic acids is 3. The fourth-order valence-electron chi connectivity index (χ4n) is 3.76. The van der Waals surface area contributed by atoms with Crippen LogP contribution < -0.4 is 15.4 Å². The Morgan fingerprint density at radius 2 is 1.82 bits per heavy atom. The highest BCUT2D eigenvalue weighted by molar-refractivity contribution is 7.80. The predicted octanol–water partition coefficient (Wildman–Crippen LogP) is 2.73. The minimum atomic E-state index is -0.534. The number of aromatic nitrogens is 1. The first-order valence-electron chi connectivity index (χ1n) is 10.2. The fraction of sp³-hybridized carbons (Fsp3) is 0.167. The summed E-state index contributed by atoms with van der Waals surface area (Å²) in [6.07, 6.45) is 1.58. The van der Waals surface area contributed by atoms with Crippen molar-refractivity contribution in [3.8, 4) is 5.75 Å². The molecule has 1 saturated heterocycles. The SMILES string of the molecule is COC(=O)c1cccc(OCCn2c(C)c(C=C3C(=O)NC(=S)NC3=O)c3ccccc32)c1. The second kappa shape index (κ2) is 9.25. The van der Waals surface area contributed by atoms with Crippen LogP contribution in [0.5, 0.6) is 5.75 Å². The molecule has 2 amide bonds. The second-order valence-corrected chi connectivity index (χ2v) is 7.74. The Hall–Kier alpha value is -3.98. The maximum Gasteiger partial charge on any atom is 0.337 e. The number of nitrogens with zero attached hydrogens (tertiary/aromatic N) is 1. The Kier molecular flexibility index (Phi) is 6.23. The summed E-state index contributed by atoms with van der Waals surface area (Å²) >= 11 is 4.87. The summed E-state index contributed by atoms with van der Waals surface area (Å²) in [5.41, 5.74) is 3.00. The number of rotatable bonds is 6. The highest BCUT2D eigenvalue weighted by Gasteiger charge is 2.26. The third-order valence-corrected chi connectivity index (χ3v) is 5.55. The Labute approximate surface area is 195 Å². The number of carbonyl (C=O) groups is 3. The summed E-state index contributed by atoms with van der Waals surface area (Å²) in [4.78, 5) is 36.4. The van der Waals surface area contributed by atoms with E-state index >= 15 is 0 Å². The minimum absolute atomic E-state index is 0.00489. The molecule has 2 N–H and O–H groups in total. The van der Waals surface area contributed by atoms with E-state index in [2.05, 4.69) is 15.2 Å². The van der Waals surface area contributed by atoms with Gasteiger partial charge in [0.1, 0.15) is 17.9 Å². The number of para-hydroxylation sites is 1. The summed E-state index contributed by atoms with van der Waals surface area (Å²) in [5, 5.41) is 5.81. The zero-order chi connectivity index (χ0) is 23.5. The van der Waals surface area contributed by atoms with Gasteiger partial charge in [-0.1, -0.05) is 24.3 Å². The van der Waals surface area contributed by atoms with Gasteiger partial charge in [0.05, 0.1) is 19.2 Å². The van der Waals surface area contributed by atoms with E-state index in [1.807, 2.05) is 31.2 Å². The van der Waals surface area contributed by atoms with Crippen molar-refractivity contribution in [3.05, 3.63) is 70.9 Å². The van der Waals surface area contributed by atoms with Gasteiger partial charge < -0.3 is 14.0 Å². The number of methoxy groups -OCH3 is 1. The first kappa shape index (κ1) is 22.2. The van der Waals surface area contributed by atoms with Crippen LogP contribution in [0.3, 0.4) is 0 Å². The predicted molar refractivity (Wildman–Crippen MR) is 127 cm³/mol. The van der Waals surface area contributed by atoms with Crippen LogP contribution in [0.15, 0.2) is 54.1 Å². The summed E-state index contributed by atoms with van der Waals surface area (Å²) in [6.45, 7) is 2.78. The molecule has 0 bridgehead atoms. The van der Waals surface area contributed by atoms with E-state index in [-0.39, 0.29) is 10.7 Å². The van der Waals surface area contributed by atoms with Gasteiger partial charge >= 0.3 is 5.97 Å². The molecule has 2 heterocycles. The quantitative estimate of drug-likeness (QED) is 0.252. The molecule has 1 aliphatic rings. The van der Waals surface area contributed by atoms with Crippen molar-refractivity contribution in [2.75, 3.05) is 13.7 Å². The molecule has 0 unspecified atom stereocenters. The summed E-state index contributed by atoms with van der Waals surface area (Å²) < 4.78 is 12.7. The average molecular weight is 464 g/mol. The third-order valence-electron chi connectivity index (χ3n) is 5.35. The minimum Gasteiger partial charge on any atom is -0.492 e.